The summed E-state index contributed by atoms with van der Waals surface area (Å²) >= 11 is 0. The van der Waals surface area contributed by atoms with Gasteiger partial charge in [0, 0.05) is 0 Å². The van der Waals surface area contributed by atoms with E-state index in [4.69, 9.17) is 0 Å². The number of hydrogen-bond donors (Lipinski definition) is 1. The molecule has 0 saturated carbocycles. The van der Waals surface area contributed by atoms with E-state index < -0.39 is 8.07 Å². The van der Waals surface area contributed by atoms with Crippen LogP contribution in [0.2, 0.25) is 19.6 Å². The Morgan fingerprint density at radius 1 is 1.38 bits per heavy atom. The predicted molar refractivity (Wildman–Crippen MR) is 62.5 cm³/mol. The summed E-state index contributed by atoms with van der Waals surface area (Å²) in [7, 11) is -1.16. The molecular weight excluding hydrogens is 176 g/mol. The van der Waals surface area contributed by atoms with Crippen LogP contribution < -0.4 is 0 Å². The van der Waals surface area contributed by atoms with Crippen LogP contribution in [-0.2, 0) is 0 Å². The fourth-order valence-corrected chi connectivity index (χ4v) is 1.85. The van der Waals surface area contributed by atoms with Gasteiger partial charge >= 0.3 is 0 Å². The van der Waals surface area contributed by atoms with Crippen molar-refractivity contribution < 1.29 is 5.11 Å². The molecular formula is C11H22OSi. The predicted octanol–water partition coefficient (Wildman–Crippen LogP) is 3.14. The van der Waals surface area contributed by atoms with Crippen LogP contribution in [0.5, 0.6) is 0 Å². The fourth-order valence-electron chi connectivity index (χ4n) is 1.09. The van der Waals surface area contributed by atoms with Crippen molar-refractivity contribution in [1.29, 1.82) is 0 Å². The molecule has 0 bridgehead atoms. The Kier molecular flexibility index (Phi) is 5.26. The molecule has 1 N–H and O–H groups in total. The van der Waals surface area contributed by atoms with Gasteiger partial charge in [0.05, 0.1) is 14.2 Å². The van der Waals surface area contributed by atoms with Gasteiger partial charge in [-0.15, -0.1) is 0 Å². The molecule has 0 amide bonds. The minimum Gasteiger partial charge on any atom is -0.385 e. The van der Waals surface area contributed by atoms with Crippen molar-refractivity contribution in [3.63, 3.8) is 0 Å². The van der Waals surface area contributed by atoms with E-state index in [-0.39, 0.29) is 6.10 Å². The first-order valence-electron chi connectivity index (χ1n) is 4.93. The normalized spacial score (nSPS) is 16.6. The minimum absolute atomic E-state index is 0.373. The maximum Gasteiger partial charge on any atom is 0.0927 e. The highest BCUT2D eigenvalue weighted by Gasteiger charge is 2.09. The minimum atomic E-state index is -1.16. The van der Waals surface area contributed by atoms with Crippen molar-refractivity contribution in [3.8, 4) is 0 Å². The molecule has 76 valence electrons. The standard InChI is InChI=1S/C11H22OSi/c1-6-10(7-2)11(12)8-9-13(3,4)5/h6,8-9,11-12H,7H2,1-5H3. The van der Waals surface area contributed by atoms with Crippen LogP contribution in [0, 0.1) is 0 Å². The molecule has 0 spiro atoms. The second-order valence-corrected chi connectivity index (χ2v) is 9.45. The zero-order valence-electron chi connectivity index (χ0n) is 9.46. The topological polar surface area (TPSA) is 20.2 Å². The summed E-state index contributed by atoms with van der Waals surface area (Å²) in [5, 5.41) is 9.74. The zero-order chi connectivity index (χ0) is 10.5. The molecule has 1 nitrogen and oxygen atoms in total. The maximum atomic E-state index is 9.74. The summed E-state index contributed by atoms with van der Waals surface area (Å²) in [6, 6.07) is 0. The SMILES string of the molecule is CC=C(CC)C(O)C=C[Si](C)(C)C. The van der Waals surface area contributed by atoms with E-state index in [1.165, 1.54) is 0 Å². The third-order valence-electron chi connectivity index (χ3n) is 1.94. The second kappa shape index (κ2) is 5.40. The quantitative estimate of drug-likeness (QED) is 0.543. The number of rotatable bonds is 4. The molecule has 0 aliphatic carbocycles. The molecule has 0 heterocycles. The molecule has 2 heteroatoms. The molecule has 0 rings (SSSR count). The van der Waals surface area contributed by atoms with Crippen LogP contribution in [0.15, 0.2) is 23.4 Å². The van der Waals surface area contributed by atoms with E-state index in [0.717, 1.165) is 12.0 Å². The van der Waals surface area contributed by atoms with E-state index in [0.29, 0.717) is 0 Å². The molecule has 0 aromatic rings. The van der Waals surface area contributed by atoms with E-state index in [2.05, 4.69) is 32.3 Å². The van der Waals surface area contributed by atoms with Gasteiger partial charge < -0.3 is 5.11 Å². The van der Waals surface area contributed by atoms with Gasteiger partial charge in [-0.05, 0) is 18.9 Å². The molecule has 0 aliphatic heterocycles. The summed E-state index contributed by atoms with van der Waals surface area (Å²) < 4.78 is 0. The van der Waals surface area contributed by atoms with Gasteiger partial charge in [-0.3, -0.25) is 0 Å². The molecule has 0 aromatic heterocycles. The highest BCUT2D eigenvalue weighted by molar-refractivity contribution is 6.80. The molecule has 0 aliphatic rings. The van der Waals surface area contributed by atoms with Crippen LogP contribution in [0.4, 0.5) is 0 Å². The van der Waals surface area contributed by atoms with Gasteiger partial charge in [0.15, 0.2) is 0 Å². The van der Waals surface area contributed by atoms with Crippen molar-refractivity contribution in [2.75, 3.05) is 0 Å². The van der Waals surface area contributed by atoms with Crippen LogP contribution in [0.25, 0.3) is 0 Å². The molecule has 1 atom stereocenters. The smallest absolute Gasteiger partial charge is 0.0927 e. The Labute approximate surface area is 83.2 Å². The lowest BCUT2D eigenvalue weighted by Gasteiger charge is -2.12. The highest BCUT2D eigenvalue weighted by Crippen LogP contribution is 2.10. The average Bonchev–Trinajstić information content (AvgIpc) is 2.02. The lowest BCUT2D eigenvalue weighted by molar-refractivity contribution is 0.255. The van der Waals surface area contributed by atoms with Crippen molar-refractivity contribution in [1.82, 2.24) is 0 Å². The van der Waals surface area contributed by atoms with Gasteiger partial charge in [-0.2, -0.15) is 0 Å². The average molecular weight is 198 g/mol. The summed E-state index contributed by atoms with van der Waals surface area (Å²) in [6.45, 7) is 10.8. The second-order valence-electron chi connectivity index (χ2n) is 4.39. The Hall–Kier alpha value is -0.343. The molecule has 1 unspecified atom stereocenters. The van der Waals surface area contributed by atoms with Gasteiger partial charge in [-0.25, -0.2) is 0 Å². The van der Waals surface area contributed by atoms with Crippen molar-refractivity contribution in [2.45, 2.75) is 46.0 Å². The number of aliphatic hydroxyl groups is 1. The third-order valence-corrected chi connectivity index (χ3v) is 3.13. The molecule has 0 radical (unpaired) electrons. The van der Waals surface area contributed by atoms with Crippen molar-refractivity contribution in [3.05, 3.63) is 23.4 Å². The number of hydrogen-bond acceptors (Lipinski definition) is 1. The van der Waals surface area contributed by atoms with Gasteiger partial charge in [0.2, 0.25) is 0 Å². The molecule has 0 aromatic carbocycles. The Morgan fingerprint density at radius 2 is 1.92 bits per heavy atom. The summed E-state index contributed by atoms with van der Waals surface area (Å²) in [6.07, 6.45) is 4.49. The van der Waals surface area contributed by atoms with E-state index >= 15 is 0 Å². The number of aliphatic hydroxyl groups excluding tert-OH is 1. The van der Waals surface area contributed by atoms with Gasteiger partial charge in [0.25, 0.3) is 0 Å². The van der Waals surface area contributed by atoms with Gasteiger partial charge in [-0.1, -0.05) is 44.4 Å². The first-order valence-corrected chi connectivity index (χ1v) is 8.51. The van der Waals surface area contributed by atoms with Crippen molar-refractivity contribution in [2.24, 2.45) is 0 Å². The van der Waals surface area contributed by atoms with Crippen LogP contribution in [-0.4, -0.2) is 19.3 Å². The van der Waals surface area contributed by atoms with Crippen molar-refractivity contribution >= 4 is 8.07 Å². The largest absolute Gasteiger partial charge is 0.385 e. The zero-order valence-corrected chi connectivity index (χ0v) is 10.5. The monoisotopic (exact) mass is 198 g/mol. The first kappa shape index (κ1) is 12.7. The number of allylic oxidation sites excluding steroid dienone is 1. The molecule has 0 fully saturated rings. The Morgan fingerprint density at radius 3 is 2.23 bits per heavy atom. The van der Waals surface area contributed by atoms with Crippen LogP contribution in [0.1, 0.15) is 20.3 Å². The van der Waals surface area contributed by atoms with Crippen LogP contribution in [0.3, 0.4) is 0 Å². The lowest BCUT2D eigenvalue weighted by atomic mass is 10.1. The molecule has 13 heavy (non-hydrogen) atoms. The Bertz CT molecular complexity index is 199. The molecule has 0 saturated heterocycles. The van der Waals surface area contributed by atoms with E-state index in [1.807, 2.05) is 19.1 Å². The lowest BCUT2D eigenvalue weighted by Crippen LogP contribution is -2.17. The fraction of sp³-hybridized carbons (Fsp3) is 0.636. The highest BCUT2D eigenvalue weighted by atomic mass is 28.3. The maximum absolute atomic E-state index is 9.74. The summed E-state index contributed by atoms with van der Waals surface area (Å²) in [5.41, 5.74) is 3.30. The Balaban J connectivity index is 4.30. The van der Waals surface area contributed by atoms with Gasteiger partial charge in [0.1, 0.15) is 0 Å². The van der Waals surface area contributed by atoms with E-state index in [1.54, 1.807) is 0 Å². The summed E-state index contributed by atoms with van der Waals surface area (Å²) in [5.74, 6) is 0. The van der Waals surface area contributed by atoms with E-state index in [9.17, 15) is 5.11 Å². The summed E-state index contributed by atoms with van der Waals surface area (Å²) in [4.78, 5) is 0. The van der Waals surface area contributed by atoms with Crippen LogP contribution >= 0.6 is 0 Å². The first-order chi connectivity index (χ1) is 5.90. The third kappa shape index (κ3) is 5.83.